The fraction of sp³-hybridized carbons (Fsp3) is 0.250. The van der Waals surface area contributed by atoms with Crippen LogP contribution in [-0.2, 0) is 4.79 Å². The molecule has 1 amide bonds. The number of hydrogen-bond donors (Lipinski definition) is 2. The highest BCUT2D eigenvalue weighted by molar-refractivity contribution is 8.05. The van der Waals surface area contributed by atoms with Crippen LogP contribution in [0.15, 0.2) is 41.3 Å². The fourth-order valence-electron chi connectivity index (χ4n) is 2.70. The summed E-state index contributed by atoms with van der Waals surface area (Å²) in [4.78, 5) is 13.0. The topological polar surface area (TPSA) is 68.8 Å². The lowest BCUT2D eigenvalue weighted by Crippen LogP contribution is -2.31. The van der Waals surface area contributed by atoms with E-state index in [0.717, 1.165) is 5.56 Å². The van der Waals surface area contributed by atoms with E-state index in [9.17, 15) is 4.79 Å². The van der Waals surface area contributed by atoms with Crippen molar-refractivity contribution in [3.05, 3.63) is 51.9 Å². The van der Waals surface area contributed by atoms with Gasteiger partial charge in [-0.25, -0.2) is 0 Å². The summed E-state index contributed by atoms with van der Waals surface area (Å²) in [7, 11) is 3.17. The van der Waals surface area contributed by atoms with Crippen LogP contribution in [0.5, 0.6) is 17.2 Å². The zero-order chi connectivity index (χ0) is 20.1. The van der Waals surface area contributed by atoms with Crippen LogP contribution in [0, 0.1) is 0 Å². The molecule has 1 atom stereocenters. The first-order chi connectivity index (χ1) is 13.5. The number of methoxy groups -OCH3 is 2. The molecule has 0 saturated carbocycles. The third-order valence-corrected chi connectivity index (χ3v) is 5.23. The van der Waals surface area contributed by atoms with E-state index in [-0.39, 0.29) is 11.4 Å². The zero-order valence-corrected chi connectivity index (χ0v) is 17.3. The Morgan fingerprint density at radius 3 is 2.61 bits per heavy atom. The monoisotopic (exact) mass is 420 g/mol. The molecule has 0 spiro atoms. The second-order valence-electron chi connectivity index (χ2n) is 5.81. The van der Waals surface area contributed by atoms with Crippen molar-refractivity contribution in [2.45, 2.75) is 12.4 Å². The van der Waals surface area contributed by atoms with E-state index >= 15 is 0 Å². The number of hydrogen-bond acceptors (Lipinski definition) is 6. The Bertz CT molecular complexity index is 904. The normalized spacial score (nSPS) is 17.4. The lowest BCUT2D eigenvalue weighted by molar-refractivity contribution is -0.116. The molecule has 1 heterocycles. The lowest BCUT2D eigenvalue weighted by Gasteiger charge is -2.15. The number of anilines is 1. The second-order valence-corrected chi connectivity index (χ2v) is 7.40. The minimum atomic E-state index is -0.337. The van der Waals surface area contributed by atoms with Gasteiger partial charge in [0.25, 0.3) is 5.91 Å². The number of carbonyl (C=O) groups excluding carboxylic acids is 1. The number of amides is 1. The molecule has 1 aliphatic heterocycles. The summed E-state index contributed by atoms with van der Waals surface area (Å²) >= 11 is 7.44. The lowest BCUT2D eigenvalue weighted by atomic mass is 10.2. The first-order valence-electron chi connectivity index (χ1n) is 8.64. The Morgan fingerprint density at radius 1 is 1.14 bits per heavy atom. The second kappa shape index (κ2) is 9.12. The summed E-state index contributed by atoms with van der Waals surface area (Å²) in [6.45, 7) is 2.46. The molecular formula is C20H21ClN2O4S. The average Bonchev–Trinajstić information content (AvgIpc) is 3.02. The van der Waals surface area contributed by atoms with Crippen LogP contribution in [0.4, 0.5) is 5.69 Å². The summed E-state index contributed by atoms with van der Waals surface area (Å²) in [6, 6.07) is 10.8. The molecule has 3 rings (SSSR count). The molecule has 1 unspecified atom stereocenters. The van der Waals surface area contributed by atoms with Gasteiger partial charge in [0, 0.05) is 5.02 Å². The van der Waals surface area contributed by atoms with Crippen LogP contribution in [0.25, 0.3) is 6.08 Å². The number of nitrogens with one attached hydrogen (secondary N) is 2. The van der Waals surface area contributed by atoms with Gasteiger partial charge < -0.3 is 24.8 Å². The van der Waals surface area contributed by atoms with Crippen molar-refractivity contribution < 1.29 is 19.0 Å². The number of rotatable bonds is 7. The van der Waals surface area contributed by atoms with Crippen LogP contribution in [0.2, 0.25) is 5.02 Å². The van der Waals surface area contributed by atoms with Gasteiger partial charge in [-0.05, 0) is 48.9 Å². The molecule has 1 fully saturated rings. The van der Waals surface area contributed by atoms with E-state index in [2.05, 4.69) is 10.6 Å². The van der Waals surface area contributed by atoms with E-state index in [0.29, 0.717) is 39.5 Å². The van der Waals surface area contributed by atoms with Gasteiger partial charge in [-0.1, -0.05) is 29.4 Å². The molecule has 0 aromatic heterocycles. The molecule has 1 saturated heterocycles. The Kier molecular flexibility index (Phi) is 6.59. The van der Waals surface area contributed by atoms with Gasteiger partial charge in [0.2, 0.25) is 0 Å². The SMILES string of the molecule is CCOc1ccc(/C=C2\SC(Nc3cc(Cl)ccc3OC)NC2=O)cc1OC. The number of carbonyl (C=O) groups is 1. The van der Waals surface area contributed by atoms with E-state index in [1.165, 1.54) is 11.8 Å². The van der Waals surface area contributed by atoms with E-state index < -0.39 is 0 Å². The quantitative estimate of drug-likeness (QED) is 0.649. The van der Waals surface area contributed by atoms with Crippen molar-refractivity contribution in [1.82, 2.24) is 5.32 Å². The summed E-state index contributed by atoms with van der Waals surface area (Å²) in [5.74, 6) is 1.78. The Morgan fingerprint density at radius 2 is 1.89 bits per heavy atom. The molecule has 148 valence electrons. The largest absolute Gasteiger partial charge is 0.495 e. The van der Waals surface area contributed by atoms with Gasteiger partial charge in [-0.15, -0.1) is 0 Å². The first kappa shape index (κ1) is 20.2. The molecule has 8 heteroatoms. The molecule has 1 aliphatic rings. The summed E-state index contributed by atoms with van der Waals surface area (Å²) < 4.78 is 16.2. The molecule has 2 aromatic rings. The summed E-state index contributed by atoms with van der Waals surface area (Å²) in [6.07, 6.45) is 1.81. The van der Waals surface area contributed by atoms with Gasteiger partial charge in [-0.2, -0.15) is 0 Å². The van der Waals surface area contributed by atoms with Gasteiger partial charge >= 0.3 is 0 Å². The molecule has 0 aliphatic carbocycles. The van der Waals surface area contributed by atoms with Crippen LogP contribution in [0.1, 0.15) is 12.5 Å². The van der Waals surface area contributed by atoms with Crippen LogP contribution >= 0.6 is 23.4 Å². The van der Waals surface area contributed by atoms with Crippen molar-refractivity contribution >= 4 is 41.0 Å². The van der Waals surface area contributed by atoms with E-state index in [1.54, 1.807) is 32.4 Å². The maximum Gasteiger partial charge on any atom is 0.260 e. The number of benzene rings is 2. The highest BCUT2D eigenvalue weighted by atomic mass is 35.5. The van der Waals surface area contributed by atoms with Crippen molar-refractivity contribution in [1.29, 1.82) is 0 Å². The average molecular weight is 421 g/mol. The molecule has 6 nitrogen and oxygen atoms in total. The Balaban J connectivity index is 1.77. The molecule has 0 bridgehead atoms. The van der Waals surface area contributed by atoms with Crippen LogP contribution in [0.3, 0.4) is 0 Å². The minimum absolute atomic E-state index is 0.156. The maximum atomic E-state index is 12.4. The van der Waals surface area contributed by atoms with Crippen molar-refractivity contribution in [2.24, 2.45) is 0 Å². The van der Waals surface area contributed by atoms with Gasteiger partial charge in [-0.3, -0.25) is 4.79 Å². The van der Waals surface area contributed by atoms with Gasteiger partial charge in [0.05, 0.1) is 31.4 Å². The van der Waals surface area contributed by atoms with E-state index in [4.69, 9.17) is 25.8 Å². The molecular weight excluding hydrogens is 400 g/mol. The van der Waals surface area contributed by atoms with Crippen molar-refractivity contribution in [3.63, 3.8) is 0 Å². The number of halogens is 1. The molecule has 2 aromatic carbocycles. The highest BCUT2D eigenvalue weighted by Crippen LogP contribution is 2.35. The number of ether oxygens (including phenoxy) is 3. The van der Waals surface area contributed by atoms with Crippen LogP contribution < -0.4 is 24.8 Å². The standard InChI is InChI=1S/C20H21ClN2O4S/c1-4-27-16-7-5-12(9-17(16)26-3)10-18-19(24)23-20(28-18)22-14-11-13(21)6-8-15(14)25-2/h5-11,20,22H,4H2,1-3H3,(H,23,24)/b18-10-. The minimum Gasteiger partial charge on any atom is -0.495 e. The van der Waals surface area contributed by atoms with E-state index in [1.807, 2.05) is 31.2 Å². The van der Waals surface area contributed by atoms with Crippen molar-refractivity contribution in [2.75, 3.05) is 26.1 Å². The third kappa shape index (κ3) is 4.66. The third-order valence-electron chi connectivity index (χ3n) is 3.96. The molecule has 0 radical (unpaired) electrons. The van der Waals surface area contributed by atoms with Crippen LogP contribution in [-0.4, -0.2) is 32.2 Å². The first-order valence-corrected chi connectivity index (χ1v) is 9.90. The highest BCUT2D eigenvalue weighted by Gasteiger charge is 2.28. The summed E-state index contributed by atoms with van der Waals surface area (Å²) in [5.41, 5.74) is 1.21. The summed E-state index contributed by atoms with van der Waals surface area (Å²) in [5, 5.41) is 6.70. The van der Waals surface area contributed by atoms with Gasteiger partial charge in [0.15, 0.2) is 17.0 Å². The number of thioether (sulfide) groups is 1. The van der Waals surface area contributed by atoms with Gasteiger partial charge in [0.1, 0.15) is 5.75 Å². The fourth-order valence-corrected chi connectivity index (χ4v) is 3.85. The van der Waals surface area contributed by atoms with Crippen molar-refractivity contribution in [3.8, 4) is 17.2 Å². The smallest absolute Gasteiger partial charge is 0.260 e. The predicted octanol–water partition coefficient (Wildman–Crippen LogP) is 4.36. The maximum absolute atomic E-state index is 12.4. The Hall–Kier alpha value is -2.51. The zero-order valence-electron chi connectivity index (χ0n) is 15.7. The molecule has 2 N–H and O–H groups in total. The molecule has 28 heavy (non-hydrogen) atoms. The Labute approximate surface area is 173 Å². The predicted molar refractivity (Wildman–Crippen MR) is 113 cm³/mol.